The summed E-state index contributed by atoms with van der Waals surface area (Å²) < 4.78 is 6.86. The maximum Gasteiger partial charge on any atom is 0.189 e. The summed E-state index contributed by atoms with van der Waals surface area (Å²) >= 11 is 4.57. The van der Waals surface area contributed by atoms with Crippen LogP contribution in [0.2, 0.25) is 0 Å². The van der Waals surface area contributed by atoms with Crippen molar-refractivity contribution in [2.75, 3.05) is 12.9 Å². The third-order valence-electron chi connectivity index (χ3n) is 3.13. The first-order chi connectivity index (χ1) is 11.7. The van der Waals surface area contributed by atoms with E-state index in [9.17, 15) is 4.79 Å². The molecule has 0 bridgehead atoms. The van der Waals surface area contributed by atoms with Crippen molar-refractivity contribution in [3.63, 3.8) is 0 Å². The van der Waals surface area contributed by atoms with Gasteiger partial charge in [-0.05, 0) is 29.8 Å². The van der Waals surface area contributed by atoms with Crippen LogP contribution in [-0.2, 0) is 5.75 Å². The summed E-state index contributed by atoms with van der Waals surface area (Å²) in [7, 11) is 1.66. The maximum atomic E-state index is 11.9. The summed E-state index contributed by atoms with van der Waals surface area (Å²) in [5, 5.41) is 8.31. The van der Waals surface area contributed by atoms with E-state index < -0.39 is 0 Å². The summed E-state index contributed by atoms with van der Waals surface area (Å²) in [5.74, 6) is 2.10. The molecular formula is C16H15N3O2S3. The van der Waals surface area contributed by atoms with Crippen molar-refractivity contribution in [2.24, 2.45) is 0 Å². The van der Waals surface area contributed by atoms with Crippen LogP contribution in [0.15, 0.2) is 51.3 Å². The average molecular weight is 378 g/mol. The van der Waals surface area contributed by atoms with Crippen molar-refractivity contribution in [1.29, 1.82) is 0 Å². The molecule has 0 atom stereocenters. The van der Waals surface area contributed by atoms with Gasteiger partial charge in [-0.15, -0.1) is 10.2 Å². The minimum absolute atomic E-state index is 0.0626. The van der Waals surface area contributed by atoms with Gasteiger partial charge in [0.05, 0.1) is 18.6 Å². The number of carbonyl (C=O) groups excluding carboxylic acids is 1. The van der Waals surface area contributed by atoms with Gasteiger partial charge in [-0.3, -0.25) is 4.79 Å². The summed E-state index contributed by atoms with van der Waals surface area (Å²) in [6.45, 7) is 0. The third-order valence-corrected chi connectivity index (χ3v) is 6.40. The Hall–Kier alpha value is -1.77. The van der Waals surface area contributed by atoms with E-state index in [0.29, 0.717) is 11.4 Å². The Bertz CT molecular complexity index is 785. The van der Waals surface area contributed by atoms with Gasteiger partial charge in [0, 0.05) is 11.9 Å². The van der Waals surface area contributed by atoms with E-state index in [4.69, 9.17) is 4.74 Å². The lowest BCUT2D eigenvalue weighted by Gasteiger charge is -2.01. The number of ether oxygens (including phenoxy) is 1. The number of H-pyrrole nitrogens is 1. The molecule has 0 fully saturated rings. The number of hydrogen-bond acceptors (Lipinski definition) is 7. The number of nitrogens with one attached hydrogen (secondary N) is 1. The van der Waals surface area contributed by atoms with E-state index in [-0.39, 0.29) is 5.78 Å². The molecule has 5 nitrogen and oxygen atoms in total. The molecule has 0 aliphatic carbocycles. The first-order valence-electron chi connectivity index (χ1n) is 7.13. The highest BCUT2D eigenvalue weighted by Gasteiger charge is 2.11. The molecule has 124 valence electrons. The minimum Gasteiger partial charge on any atom is -0.497 e. The van der Waals surface area contributed by atoms with Gasteiger partial charge in [-0.2, -0.15) is 0 Å². The monoisotopic (exact) mass is 377 g/mol. The first kappa shape index (κ1) is 17.1. The normalized spacial score (nSPS) is 10.7. The average Bonchev–Trinajstić information content (AvgIpc) is 3.30. The molecule has 0 aliphatic heterocycles. The predicted octanol–water partition coefficient (Wildman–Crippen LogP) is 4.14. The molecule has 2 aromatic heterocycles. The highest BCUT2D eigenvalue weighted by molar-refractivity contribution is 8.03. The number of methoxy groups -OCH3 is 1. The number of rotatable bonds is 8. The molecule has 0 aliphatic rings. The maximum absolute atomic E-state index is 11.9. The molecule has 0 spiro atoms. The lowest BCUT2D eigenvalue weighted by atomic mass is 10.2. The van der Waals surface area contributed by atoms with Crippen LogP contribution in [0.25, 0.3) is 0 Å². The standard InChI is InChI=1S/C16H15N3O2S3/c1-21-12-6-4-11(5-7-12)9-22-15-18-19-16(24-15)23-10-14(20)13-3-2-8-17-13/h2-8,17H,9-10H2,1H3. The molecular weight excluding hydrogens is 362 g/mol. The van der Waals surface area contributed by atoms with E-state index in [0.717, 1.165) is 20.2 Å². The molecule has 3 rings (SSSR count). The topological polar surface area (TPSA) is 67.9 Å². The van der Waals surface area contributed by atoms with Gasteiger partial charge in [0.1, 0.15) is 5.75 Å². The largest absolute Gasteiger partial charge is 0.497 e. The van der Waals surface area contributed by atoms with Crippen LogP contribution in [0.5, 0.6) is 5.75 Å². The molecule has 0 amide bonds. The van der Waals surface area contributed by atoms with Crippen molar-refractivity contribution in [3.8, 4) is 5.75 Å². The molecule has 0 saturated heterocycles. The van der Waals surface area contributed by atoms with Crippen LogP contribution in [0.4, 0.5) is 0 Å². The number of ketones is 1. The van der Waals surface area contributed by atoms with Crippen molar-refractivity contribution in [1.82, 2.24) is 15.2 Å². The Morgan fingerprint density at radius 1 is 1.17 bits per heavy atom. The lowest BCUT2D eigenvalue weighted by molar-refractivity contribution is 0.101. The zero-order valence-corrected chi connectivity index (χ0v) is 15.3. The van der Waals surface area contributed by atoms with Gasteiger partial charge < -0.3 is 9.72 Å². The molecule has 0 saturated carbocycles. The van der Waals surface area contributed by atoms with Crippen LogP contribution < -0.4 is 4.74 Å². The first-order valence-corrected chi connectivity index (χ1v) is 9.92. The zero-order valence-electron chi connectivity index (χ0n) is 12.9. The second-order valence-electron chi connectivity index (χ2n) is 4.77. The number of nitrogens with zero attached hydrogens (tertiary/aromatic N) is 2. The Balaban J connectivity index is 1.49. The van der Waals surface area contributed by atoms with E-state index in [1.165, 1.54) is 28.7 Å². The molecule has 0 unspecified atom stereocenters. The summed E-state index contributed by atoms with van der Waals surface area (Å²) in [6.07, 6.45) is 1.75. The van der Waals surface area contributed by atoms with E-state index in [1.807, 2.05) is 30.3 Å². The molecule has 24 heavy (non-hydrogen) atoms. The Morgan fingerprint density at radius 3 is 2.58 bits per heavy atom. The summed E-state index contributed by atoms with van der Waals surface area (Å²) in [5.41, 5.74) is 1.83. The van der Waals surface area contributed by atoms with Crippen molar-refractivity contribution in [2.45, 2.75) is 14.4 Å². The summed E-state index contributed by atoms with van der Waals surface area (Å²) in [6, 6.07) is 11.6. The van der Waals surface area contributed by atoms with Crippen molar-refractivity contribution < 1.29 is 9.53 Å². The number of aromatic amines is 1. The van der Waals surface area contributed by atoms with Crippen LogP contribution in [-0.4, -0.2) is 33.8 Å². The number of aromatic nitrogens is 3. The van der Waals surface area contributed by atoms with Gasteiger partial charge in [0.25, 0.3) is 0 Å². The van der Waals surface area contributed by atoms with Crippen molar-refractivity contribution in [3.05, 3.63) is 53.9 Å². The van der Waals surface area contributed by atoms with Crippen LogP contribution >= 0.6 is 34.9 Å². The van der Waals surface area contributed by atoms with Gasteiger partial charge >= 0.3 is 0 Å². The van der Waals surface area contributed by atoms with E-state index in [2.05, 4.69) is 15.2 Å². The predicted molar refractivity (Wildman–Crippen MR) is 98.3 cm³/mol. The zero-order chi connectivity index (χ0) is 16.8. The van der Waals surface area contributed by atoms with Crippen LogP contribution in [0.3, 0.4) is 0 Å². The smallest absolute Gasteiger partial charge is 0.189 e. The quantitative estimate of drug-likeness (QED) is 0.470. The number of benzene rings is 1. The number of carbonyl (C=O) groups is 1. The van der Waals surface area contributed by atoms with Gasteiger partial charge in [-0.25, -0.2) is 0 Å². The second kappa shape index (κ2) is 8.36. The lowest BCUT2D eigenvalue weighted by Crippen LogP contribution is -2.02. The van der Waals surface area contributed by atoms with Gasteiger partial charge in [0.15, 0.2) is 14.5 Å². The molecule has 8 heteroatoms. The van der Waals surface area contributed by atoms with E-state index in [1.54, 1.807) is 31.1 Å². The fourth-order valence-electron chi connectivity index (χ4n) is 1.89. The molecule has 2 heterocycles. The Kier molecular flexibility index (Phi) is 5.95. The van der Waals surface area contributed by atoms with Gasteiger partial charge in [-0.1, -0.05) is 47.0 Å². The van der Waals surface area contributed by atoms with Gasteiger partial charge in [0.2, 0.25) is 0 Å². The van der Waals surface area contributed by atoms with Crippen molar-refractivity contribution >= 4 is 40.6 Å². The third kappa shape index (κ3) is 4.62. The molecule has 3 aromatic rings. The van der Waals surface area contributed by atoms with Crippen LogP contribution in [0.1, 0.15) is 16.1 Å². The fraction of sp³-hybridized carbons (Fsp3) is 0.188. The Morgan fingerprint density at radius 2 is 1.92 bits per heavy atom. The highest BCUT2D eigenvalue weighted by atomic mass is 32.2. The molecule has 0 radical (unpaired) electrons. The van der Waals surface area contributed by atoms with Crippen LogP contribution in [0, 0.1) is 0 Å². The Labute approximate surface area is 152 Å². The molecule has 1 N–H and O–H groups in total. The fourth-order valence-corrected chi connectivity index (χ4v) is 4.75. The summed E-state index contributed by atoms with van der Waals surface area (Å²) in [4.78, 5) is 14.9. The number of thioether (sulfide) groups is 2. The number of Topliss-reactive ketones (excluding diaryl/α,β-unsaturated/α-hetero) is 1. The number of hydrogen-bond donors (Lipinski definition) is 1. The van der Waals surface area contributed by atoms with E-state index >= 15 is 0 Å². The second-order valence-corrected chi connectivity index (χ2v) is 8.19. The SMILES string of the molecule is COc1ccc(CSc2nnc(SCC(=O)c3ccc[nH]3)s2)cc1. The minimum atomic E-state index is 0.0626. The highest BCUT2D eigenvalue weighted by Crippen LogP contribution is 2.31. The molecule has 1 aromatic carbocycles.